The molecule has 0 aliphatic carbocycles. The molecule has 0 spiro atoms. The van der Waals surface area contributed by atoms with Gasteiger partial charge in [0.15, 0.2) is 5.82 Å². The Kier molecular flexibility index (Phi) is 2.21. The minimum atomic E-state index is -0.709. The predicted octanol–water partition coefficient (Wildman–Crippen LogP) is 1.41. The first-order valence-electron chi connectivity index (χ1n) is 2.67. The maximum atomic E-state index is 12.6. The van der Waals surface area contributed by atoms with Gasteiger partial charge in [-0.3, -0.25) is 4.79 Å². The fraction of sp³-hybridized carbons (Fsp3) is 0.167. The average Bonchev–Trinajstić information content (AvgIpc) is 1.95. The number of hydrogen-bond donors (Lipinski definition) is 1. The van der Waals surface area contributed by atoms with E-state index >= 15 is 0 Å². The molecule has 1 aromatic heterocycles. The van der Waals surface area contributed by atoms with Crippen LogP contribution in [0.1, 0.15) is 5.56 Å². The Morgan fingerprint density at radius 3 is 2.90 bits per heavy atom. The number of rotatable bonds is 1. The van der Waals surface area contributed by atoms with Gasteiger partial charge in [0, 0.05) is 17.1 Å². The van der Waals surface area contributed by atoms with Crippen LogP contribution in [0.5, 0.6) is 0 Å². The van der Waals surface area contributed by atoms with Crippen molar-refractivity contribution in [1.82, 2.24) is 4.98 Å². The molecule has 0 aliphatic heterocycles. The molecule has 1 aromatic rings. The van der Waals surface area contributed by atoms with Crippen LogP contribution in [-0.4, -0.2) is 4.98 Å². The van der Waals surface area contributed by atoms with Crippen molar-refractivity contribution in [2.75, 3.05) is 0 Å². The number of halogens is 2. The zero-order valence-electron chi connectivity index (χ0n) is 5.03. The quantitative estimate of drug-likeness (QED) is 0.692. The molecule has 1 rings (SSSR count). The Bertz CT molecular complexity index is 283. The van der Waals surface area contributed by atoms with E-state index in [2.05, 4.69) is 20.9 Å². The second-order valence-corrected chi connectivity index (χ2v) is 2.34. The molecular weight excluding hydrogens is 201 g/mol. The van der Waals surface area contributed by atoms with Crippen molar-refractivity contribution in [3.63, 3.8) is 0 Å². The summed E-state index contributed by atoms with van der Waals surface area (Å²) in [6, 6.07) is 1.52. The van der Waals surface area contributed by atoms with Crippen LogP contribution >= 0.6 is 15.9 Å². The molecular formula is C6H5BrFNO. The van der Waals surface area contributed by atoms with Gasteiger partial charge in [0.1, 0.15) is 0 Å². The van der Waals surface area contributed by atoms with Crippen molar-refractivity contribution in [3.05, 3.63) is 34.0 Å². The van der Waals surface area contributed by atoms with Crippen LogP contribution in [0, 0.1) is 5.82 Å². The second kappa shape index (κ2) is 2.96. The number of nitrogens with one attached hydrogen (secondary N) is 1. The Morgan fingerprint density at radius 2 is 2.40 bits per heavy atom. The van der Waals surface area contributed by atoms with Gasteiger partial charge in [-0.2, -0.15) is 0 Å². The first kappa shape index (κ1) is 7.47. The summed E-state index contributed by atoms with van der Waals surface area (Å²) < 4.78 is 12.6. The molecule has 0 saturated heterocycles. The summed E-state index contributed by atoms with van der Waals surface area (Å²) in [6.45, 7) is 0. The van der Waals surface area contributed by atoms with E-state index in [0.29, 0.717) is 10.9 Å². The third-order valence-electron chi connectivity index (χ3n) is 1.12. The summed E-state index contributed by atoms with van der Waals surface area (Å²) >= 11 is 3.05. The standard InChI is InChI=1S/C6H5BrFNO/c7-3-4-1-2-9-6(10)5(4)8/h1-2H,3H2,(H,9,10). The molecule has 0 bridgehead atoms. The number of aromatic amines is 1. The molecule has 0 saturated carbocycles. The Morgan fingerprint density at radius 1 is 1.70 bits per heavy atom. The molecule has 1 heterocycles. The van der Waals surface area contributed by atoms with Crippen molar-refractivity contribution >= 4 is 15.9 Å². The SMILES string of the molecule is O=c1[nH]ccc(CBr)c1F. The highest BCUT2D eigenvalue weighted by atomic mass is 79.9. The van der Waals surface area contributed by atoms with Gasteiger partial charge in [-0.25, -0.2) is 4.39 Å². The van der Waals surface area contributed by atoms with Gasteiger partial charge in [0.25, 0.3) is 5.56 Å². The summed E-state index contributed by atoms with van der Waals surface area (Å²) in [7, 11) is 0. The fourth-order valence-corrected chi connectivity index (χ4v) is 1.04. The Hall–Kier alpha value is -0.640. The monoisotopic (exact) mass is 205 g/mol. The molecule has 0 unspecified atom stereocenters. The topological polar surface area (TPSA) is 32.9 Å². The number of aromatic nitrogens is 1. The van der Waals surface area contributed by atoms with Crippen molar-refractivity contribution < 1.29 is 4.39 Å². The van der Waals surface area contributed by atoms with Crippen molar-refractivity contribution in [1.29, 1.82) is 0 Å². The first-order valence-corrected chi connectivity index (χ1v) is 3.80. The van der Waals surface area contributed by atoms with Gasteiger partial charge in [-0.1, -0.05) is 15.9 Å². The molecule has 54 valence electrons. The van der Waals surface area contributed by atoms with Gasteiger partial charge in [0.2, 0.25) is 0 Å². The molecule has 0 aromatic carbocycles. The zero-order chi connectivity index (χ0) is 7.56. The van der Waals surface area contributed by atoms with E-state index in [1.54, 1.807) is 0 Å². The number of alkyl halides is 1. The molecule has 0 radical (unpaired) electrons. The van der Waals surface area contributed by atoms with E-state index in [1.807, 2.05) is 0 Å². The maximum Gasteiger partial charge on any atom is 0.284 e. The van der Waals surface area contributed by atoms with E-state index in [9.17, 15) is 9.18 Å². The highest BCUT2D eigenvalue weighted by Gasteiger charge is 2.02. The molecule has 0 aliphatic rings. The van der Waals surface area contributed by atoms with Crippen LogP contribution < -0.4 is 5.56 Å². The van der Waals surface area contributed by atoms with Crippen LogP contribution in [0.2, 0.25) is 0 Å². The maximum absolute atomic E-state index is 12.6. The number of hydrogen-bond acceptors (Lipinski definition) is 1. The highest BCUT2D eigenvalue weighted by Crippen LogP contribution is 2.04. The lowest BCUT2D eigenvalue weighted by Gasteiger charge is -1.93. The van der Waals surface area contributed by atoms with Gasteiger partial charge in [-0.05, 0) is 6.07 Å². The predicted molar refractivity (Wildman–Crippen MR) is 39.7 cm³/mol. The zero-order valence-corrected chi connectivity index (χ0v) is 6.61. The van der Waals surface area contributed by atoms with Gasteiger partial charge in [-0.15, -0.1) is 0 Å². The second-order valence-electron chi connectivity index (χ2n) is 1.78. The minimum Gasteiger partial charge on any atom is -0.327 e. The normalized spacial score (nSPS) is 9.80. The van der Waals surface area contributed by atoms with Crippen LogP contribution in [0.4, 0.5) is 4.39 Å². The van der Waals surface area contributed by atoms with E-state index in [4.69, 9.17) is 0 Å². The molecule has 0 fully saturated rings. The number of H-pyrrole nitrogens is 1. The van der Waals surface area contributed by atoms with Gasteiger partial charge >= 0.3 is 0 Å². The Labute approximate surface area is 65.2 Å². The largest absolute Gasteiger partial charge is 0.327 e. The lowest BCUT2D eigenvalue weighted by molar-refractivity contribution is 0.598. The summed E-state index contributed by atoms with van der Waals surface area (Å²) in [4.78, 5) is 12.8. The van der Waals surface area contributed by atoms with Crippen LogP contribution in [0.25, 0.3) is 0 Å². The summed E-state index contributed by atoms with van der Waals surface area (Å²) in [6.07, 6.45) is 1.42. The van der Waals surface area contributed by atoms with Crippen LogP contribution in [0.3, 0.4) is 0 Å². The third kappa shape index (κ3) is 1.26. The lowest BCUT2D eigenvalue weighted by Crippen LogP contribution is -2.11. The van der Waals surface area contributed by atoms with Crippen LogP contribution in [0.15, 0.2) is 17.1 Å². The molecule has 0 amide bonds. The van der Waals surface area contributed by atoms with E-state index < -0.39 is 11.4 Å². The van der Waals surface area contributed by atoms with Gasteiger partial charge in [0.05, 0.1) is 0 Å². The molecule has 2 nitrogen and oxygen atoms in total. The molecule has 0 atom stereocenters. The van der Waals surface area contributed by atoms with Crippen molar-refractivity contribution in [3.8, 4) is 0 Å². The summed E-state index contributed by atoms with van der Waals surface area (Å²) in [5, 5.41) is 0.364. The Balaban J connectivity index is 3.28. The van der Waals surface area contributed by atoms with Gasteiger partial charge < -0.3 is 4.98 Å². The van der Waals surface area contributed by atoms with E-state index in [0.717, 1.165) is 0 Å². The van der Waals surface area contributed by atoms with Crippen molar-refractivity contribution in [2.45, 2.75) is 5.33 Å². The summed E-state index contributed by atoms with van der Waals surface area (Å²) in [5.74, 6) is -0.709. The fourth-order valence-electron chi connectivity index (χ4n) is 0.604. The third-order valence-corrected chi connectivity index (χ3v) is 1.73. The van der Waals surface area contributed by atoms with E-state index in [1.165, 1.54) is 12.3 Å². The number of pyridine rings is 1. The van der Waals surface area contributed by atoms with Crippen molar-refractivity contribution in [2.24, 2.45) is 0 Å². The first-order chi connectivity index (χ1) is 4.75. The van der Waals surface area contributed by atoms with E-state index in [-0.39, 0.29) is 0 Å². The van der Waals surface area contributed by atoms with Crippen LogP contribution in [-0.2, 0) is 5.33 Å². The highest BCUT2D eigenvalue weighted by molar-refractivity contribution is 9.08. The molecule has 1 N–H and O–H groups in total. The lowest BCUT2D eigenvalue weighted by atomic mass is 10.3. The molecule has 4 heteroatoms. The minimum absolute atomic E-state index is 0.364. The average molecular weight is 206 g/mol. The smallest absolute Gasteiger partial charge is 0.284 e. The summed E-state index contributed by atoms with van der Waals surface area (Å²) in [5.41, 5.74) is -0.291. The molecule has 10 heavy (non-hydrogen) atoms.